The Balaban J connectivity index is 1.08. The van der Waals surface area contributed by atoms with Gasteiger partial charge in [0.2, 0.25) is 0 Å². The van der Waals surface area contributed by atoms with Crippen molar-refractivity contribution in [2.75, 3.05) is 0 Å². The minimum absolute atomic E-state index is 0.895. The van der Waals surface area contributed by atoms with Gasteiger partial charge in [-0.25, -0.2) is 0 Å². The lowest BCUT2D eigenvalue weighted by Crippen LogP contribution is -1.97. The molecule has 0 aliphatic carbocycles. The molecule has 3 nitrogen and oxygen atoms in total. The van der Waals surface area contributed by atoms with Crippen molar-refractivity contribution < 1.29 is 8.83 Å². The Labute approximate surface area is 336 Å². The van der Waals surface area contributed by atoms with E-state index in [0.717, 1.165) is 60.7 Å². The van der Waals surface area contributed by atoms with E-state index in [2.05, 4.69) is 168 Å². The number of aromatic nitrogens is 1. The topological polar surface area (TPSA) is 31.2 Å². The van der Waals surface area contributed by atoms with Gasteiger partial charge in [0.1, 0.15) is 22.3 Å². The number of thiophene rings is 1. The van der Waals surface area contributed by atoms with Crippen molar-refractivity contribution in [2.45, 2.75) is 0 Å². The molecule has 13 aromatic rings. The molecule has 0 amide bonds. The third-order valence-corrected chi connectivity index (χ3v) is 13.2. The van der Waals surface area contributed by atoms with Gasteiger partial charge >= 0.3 is 0 Å². The van der Waals surface area contributed by atoms with Gasteiger partial charge in [0, 0.05) is 69.3 Å². The van der Waals surface area contributed by atoms with Crippen LogP contribution in [0.2, 0.25) is 0 Å². The Bertz CT molecular complexity index is 3630. The van der Waals surface area contributed by atoms with Crippen LogP contribution in [-0.4, -0.2) is 4.57 Å². The van der Waals surface area contributed by atoms with E-state index in [-0.39, 0.29) is 0 Å². The van der Waals surface area contributed by atoms with Crippen molar-refractivity contribution in [3.8, 4) is 39.1 Å². The quantitative estimate of drug-likeness (QED) is 0.179. The second-order valence-corrected chi connectivity index (χ2v) is 16.2. The van der Waals surface area contributed by atoms with E-state index in [1.54, 1.807) is 0 Å². The maximum Gasteiger partial charge on any atom is 0.135 e. The highest BCUT2D eigenvalue weighted by Crippen LogP contribution is 2.45. The largest absolute Gasteiger partial charge is 0.456 e. The normalized spacial score (nSPS) is 12.1. The molecule has 0 saturated carbocycles. The average Bonchev–Trinajstić information content (AvgIpc) is 4.05. The highest BCUT2D eigenvalue weighted by Gasteiger charge is 2.21. The first-order valence-electron chi connectivity index (χ1n) is 19.7. The van der Waals surface area contributed by atoms with Crippen LogP contribution in [-0.2, 0) is 0 Å². The molecule has 0 aliphatic heterocycles. The monoisotopic (exact) mass is 757 g/mol. The summed E-state index contributed by atoms with van der Waals surface area (Å²) in [5.41, 5.74) is 14.1. The molecule has 270 valence electrons. The minimum Gasteiger partial charge on any atom is -0.456 e. The molecule has 9 aromatic carbocycles. The van der Waals surface area contributed by atoms with Gasteiger partial charge in [0.05, 0.1) is 11.0 Å². The van der Waals surface area contributed by atoms with Gasteiger partial charge in [-0.05, 0) is 76.9 Å². The molecule has 0 unspecified atom stereocenters. The van der Waals surface area contributed by atoms with Crippen molar-refractivity contribution >= 4 is 97.2 Å². The summed E-state index contributed by atoms with van der Waals surface area (Å²) in [6, 6.07) is 67.9. The van der Waals surface area contributed by atoms with Gasteiger partial charge in [0.15, 0.2) is 0 Å². The third kappa shape index (κ3) is 4.55. The zero-order valence-electron chi connectivity index (χ0n) is 31.1. The Morgan fingerprint density at radius 3 is 1.40 bits per heavy atom. The minimum atomic E-state index is 0.895. The van der Waals surface area contributed by atoms with Crippen LogP contribution in [0.15, 0.2) is 197 Å². The van der Waals surface area contributed by atoms with Gasteiger partial charge in [0.25, 0.3) is 0 Å². The summed E-state index contributed by atoms with van der Waals surface area (Å²) in [5, 5.41) is 9.53. The molecule has 0 aliphatic rings. The summed E-state index contributed by atoms with van der Waals surface area (Å²) in [5.74, 6) is 0. The molecule has 4 heterocycles. The number of benzene rings is 9. The van der Waals surface area contributed by atoms with Gasteiger partial charge in [-0.3, -0.25) is 0 Å². The number of nitrogens with zero attached hydrogens (tertiary/aromatic N) is 1. The summed E-state index contributed by atoms with van der Waals surface area (Å²) >= 11 is 1.87. The van der Waals surface area contributed by atoms with Crippen LogP contribution in [0.25, 0.3) is 125 Å². The molecule has 13 rings (SSSR count). The summed E-state index contributed by atoms with van der Waals surface area (Å²) in [6.45, 7) is 0. The second-order valence-electron chi connectivity index (χ2n) is 15.2. The lowest BCUT2D eigenvalue weighted by molar-refractivity contribution is 0.668. The lowest BCUT2D eigenvalue weighted by atomic mass is 9.98. The highest BCUT2D eigenvalue weighted by molar-refractivity contribution is 7.26. The Hall–Kier alpha value is -7.40. The summed E-state index contributed by atoms with van der Waals surface area (Å²) < 4.78 is 17.7. The Morgan fingerprint density at radius 1 is 0.328 bits per heavy atom. The predicted octanol–water partition coefficient (Wildman–Crippen LogP) is 16.0. The molecule has 0 fully saturated rings. The molecule has 0 bridgehead atoms. The summed E-state index contributed by atoms with van der Waals surface area (Å²) in [6.07, 6.45) is 0. The zero-order valence-corrected chi connectivity index (χ0v) is 31.9. The number of rotatable bonds is 4. The average molecular weight is 758 g/mol. The number of furan rings is 2. The van der Waals surface area contributed by atoms with Gasteiger partial charge < -0.3 is 13.4 Å². The third-order valence-electron chi connectivity index (χ3n) is 12.0. The summed E-state index contributed by atoms with van der Waals surface area (Å²) in [7, 11) is 0. The standard InChI is InChI=1S/C54H31NO2S/c1-4-19-47-39(10-1)45-30-33(24-28-49(45)56-47)36-13-7-16-42-43-17-8-14-37(34-25-29-50-46(31-34)40-11-2-5-20-48(40)57-50)53(43)55(52(36)42)35-26-22-32(23-27-35)38-15-9-18-44-41-12-3-6-21-51(41)58-54(38)44/h1-31H. The fourth-order valence-corrected chi connectivity index (χ4v) is 10.6. The van der Waals surface area contributed by atoms with Crippen LogP contribution in [0.5, 0.6) is 0 Å². The maximum atomic E-state index is 6.27. The van der Waals surface area contributed by atoms with Crippen LogP contribution >= 0.6 is 11.3 Å². The molecule has 4 aromatic heterocycles. The fourth-order valence-electron chi connectivity index (χ4n) is 9.39. The van der Waals surface area contributed by atoms with Gasteiger partial charge in [-0.15, -0.1) is 11.3 Å². The van der Waals surface area contributed by atoms with Crippen LogP contribution < -0.4 is 0 Å². The van der Waals surface area contributed by atoms with Crippen LogP contribution in [0, 0.1) is 0 Å². The molecule has 0 N–H and O–H groups in total. The van der Waals surface area contributed by atoms with E-state index in [4.69, 9.17) is 8.83 Å². The predicted molar refractivity (Wildman–Crippen MR) is 245 cm³/mol. The molecule has 0 saturated heterocycles. The van der Waals surface area contributed by atoms with Crippen LogP contribution in [0.4, 0.5) is 0 Å². The first kappa shape index (κ1) is 31.8. The van der Waals surface area contributed by atoms with Crippen molar-refractivity contribution in [3.05, 3.63) is 188 Å². The molecule has 0 radical (unpaired) electrons. The van der Waals surface area contributed by atoms with E-state index in [1.807, 2.05) is 35.6 Å². The smallest absolute Gasteiger partial charge is 0.135 e. The number of hydrogen-bond donors (Lipinski definition) is 0. The Kier molecular flexibility index (Phi) is 6.60. The molecule has 4 heteroatoms. The fraction of sp³-hybridized carbons (Fsp3) is 0. The first-order valence-corrected chi connectivity index (χ1v) is 20.5. The van der Waals surface area contributed by atoms with E-state index in [0.29, 0.717) is 0 Å². The summed E-state index contributed by atoms with van der Waals surface area (Å²) in [4.78, 5) is 0. The van der Waals surface area contributed by atoms with Crippen molar-refractivity contribution in [1.29, 1.82) is 0 Å². The molecular formula is C54H31NO2S. The molecule has 58 heavy (non-hydrogen) atoms. The maximum absolute atomic E-state index is 6.27. The number of fused-ring (bicyclic) bond motifs is 12. The van der Waals surface area contributed by atoms with Gasteiger partial charge in [-0.1, -0.05) is 133 Å². The highest BCUT2D eigenvalue weighted by atomic mass is 32.1. The van der Waals surface area contributed by atoms with E-state index in [1.165, 1.54) is 64.2 Å². The number of hydrogen-bond acceptors (Lipinski definition) is 3. The SMILES string of the molecule is c1ccc2c(c1)oc1ccc(-c3cccc4c5cccc(-c6ccc7oc8ccccc8c7c6)c5n(-c5ccc(-c6cccc7c6sc6ccccc67)cc5)c34)cc12. The molecular weight excluding hydrogens is 727 g/mol. The second kappa shape index (κ2) is 12.1. The van der Waals surface area contributed by atoms with Crippen molar-refractivity contribution in [2.24, 2.45) is 0 Å². The molecule has 0 spiro atoms. The van der Waals surface area contributed by atoms with Crippen LogP contribution in [0.1, 0.15) is 0 Å². The Morgan fingerprint density at radius 2 is 0.793 bits per heavy atom. The van der Waals surface area contributed by atoms with E-state index >= 15 is 0 Å². The number of para-hydroxylation sites is 4. The van der Waals surface area contributed by atoms with Crippen LogP contribution in [0.3, 0.4) is 0 Å². The zero-order chi connectivity index (χ0) is 37.9. The molecule has 0 atom stereocenters. The van der Waals surface area contributed by atoms with E-state index in [9.17, 15) is 0 Å². The lowest BCUT2D eigenvalue weighted by Gasteiger charge is -2.15. The van der Waals surface area contributed by atoms with E-state index < -0.39 is 0 Å². The van der Waals surface area contributed by atoms with Crippen molar-refractivity contribution in [3.63, 3.8) is 0 Å². The van der Waals surface area contributed by atoms with Crippen molar-refractivity contribution in [1.82, 2.24) is 4.57 Å². The van der Waals surface area contributed by atoms with Gasteiger partial charge in [-0.2, -0.15) is 0 Å². The first-order chi connectivity index (χ1) is 28.7.